The number of nitrogens with zero attached hydrogens (tertiary/aromatic N) is 2. The van der Waals surface area contributed by atoms with E-state index in [0.29, 0.717) is 13.0 Å². The van der Waals surface area contributed by atoms with Gasteiger partial charge in [-0.3, -0.25) is 9.98 Å². The van der Waals surface area contributed by atoms with E-state index in [2.05, 4.69) is 0 Å². The number of benzene rings is 3. The molecule has 0 atom stereocenters. The van der Waals surface area contributed by atoms with Gasteiger partial charge in [0.1, 0.15) is 18.1 Å². The van der Waals surface area contributed by atoms with Gasteiger partial charge >= 0.3 is 0 Å². The lowest BCUT2D eigenvalue weighted by Gasteiger charge is -2.11. The highest BCUT2D eigenvalue weighted by Gasteiger charge is 2.17. The van der Waals surface area contributed by atoms with Crippen LogP contribution >= 0.6 is 0 Å². The van der Waals surface area contributed by atoms with Crippen molar-refractivity contribution >= 4 is 22.8 Å². The molecule has 0 aromatic heterocycles. The molecule has 3 aromatic rings. The molecule has 0 fully saturated rings. The van der Waals surface area contributed by atoms with Crippen LogP contribution in [0.1, 0.15) is 17.5 Å². The van der Waals surface area contributed by atoms with Crippen molar-refractivity contribution in [3.05, 3.63) is 83.9 Å². The number of hydrogen-bond donors (Lipinski definition) is 1. The SMILES string of the molecule is Cc1cccc(OCC2=Nc3ccccc3N=C(c3ccccc3O)C2)c1. The minimum Gasteiger partial charge on any atom is -0.507 e. The van der Waals surface area contributed by atoms with Crippen molar-refractivity contribution in [3.63, 3.8) is 0 Å². The highest BCUT2D eigenvalue weighted by molar-refractivity contribution is 6.16. The predicted molar refractivity (Wildman–Crippen MR) is 109 cm³/mol. The average molecular weight is 356 g/mol. The van der Waals surface area contributed by atoms with Crippen LogP contribution in [0.25, 0.3) is 0 Å². The number of ether oxygens (including phenoxy) is 1. The minimum atomic E-state index is 0.217. The lowest BCUT2D eigenvalue weighted by molar-refractivity contribution is 0.375. The molecule has 1 aliphatic rings. The Morgan fingerprint density at radius 3 is 2.41 bits per heavy atom. The number of para-hydroxylation sites is 3. The van der Waals surface area contributed by atoms with E-state index in [0.717, 1.165) is 39.7 Å². The van der Waals surface area contributed by atoms with E-state index in [1.807, 2.05) is 67.6 Å². The zero-order chi connectivity index (χ0) is 18.6. The van der Waals surface area contributed by atoms with E-state index in [1.165, 1.54) is 0 Å². The maximum atomic E-state index is 10.3. The lowest BCUT2D eigenvalue weighted by Crippen LogP contribution is -2.16. The molecule has 0 amide bonds. The monoisotopic (exact) mass is 356 g/mol. The van der Waals surface area contributed by atoms with E-state index < -0.39 is 0 Å². The zero-order valence-corrected chi connectivity index (χ0v) is 15.1. The van der Waals surface area contributed by atoms with E-state index in [4.69, 9.17) is 14.7 Å². The number of aliphatic imine (C=N–C) groups is 2. The first kappa shape index (κ1) is 17.0. The molecule has 0 bridgehead atoms. The molecule has 1 heterocycles. The van der Waals surface area contributed by atoms with Gasteiger partial charge in [-0.2, -0.15) is 0 Å². The molecule has 0 saturated carbocycles. The molecule has 0 spiro atoms. The van der Waals surface area contributed by atoms with Gasteiger partial charge in [-0.15, -0.1) is 0 Å². The Morgan fingerprint density at radius 1 is 0.889 bits per heavy atom. The van der Waals surface area contributed by atoms with Crippen molar-refractivity contribution in [3.8, 4) is 11.5 Å². The molecule has 4 rings (SSSR count). The summed E-state index contributed by atoms with van der Waals surface area (Å²) in [5, 5.41) is 10.3. The molecule has 27 heavy (non-hydrogen) atoms. The van der Waals surface area contributed by atoms with Crippen molar-refractivity contribution in [2.75, 3.05) is 6.61 Å². The molecule has 0 saturated heterocycles. The van der Waals surface area contributed by atoms with E-state index in [1.54, 1.807) is 12.1 Å². The van der Waals surface area contributed by atoms with Crippen LogP contribution in [0.15, 0.2) is 82.8 Å². The number of aryl methyl sites for hydroxylation is 1. The fourth-order valence-electron chi connectivity index (χ4n) is 3.07. The zero-order valence-electron chi connectivity index (χ0n) is 15.1. The minimum absolute atomic E-state index is 0.217. The van der Waals surface area contributed by atoms with Crippen molar-refractivity contribution < 1.29 is 9.84 Å². The third-order valence-corrected chi connectivity index (χ3v) is 4.40. The quantitative estimate of drug-likeness (QED) is 0.682. The second-order valence-electron chi connectivity index (χ2n) is 6.52. The molecule has 4 nitrogen and oxygen atoms in total. The largest absolute Gasteiger partial charge is 0.507 e. The molecule has 1 aliphatic heterocycles. The van der Waals surface area contributed by atoms with Gasteiger partial charge in [-0.25, -0.2) is 0 Å². The number of aromatic hydroxyl groups is 1. The summed E-state index contributed by atoms with van der Waals surface area (Å²) in [6.07, 6.45) is 0.512. The van der Waals surface area contributed by atoms with Crippen molar-refractivity contribution in [1.29, 1.82) is 0 Å². The summed E-state index contributed by atoms with van der Waals surface area (Å²) in [4.78, 5) is 9.55. The van der Waals surface area contributed by atoms with Crippen molar-refractivity contribution in [1.82, 2.24) is 0 Å². The molecule has 1 N–H and O–H groups in total. The predicted octanol–water partition coefficient (Wildman–Crippen LogP) is 5.38. The second-order valence-corrected chi connectivity index (χ2v) is 6.52. The topological polar surface area (TPSA) is 54.2 Å². The van der Waals surface area contributed by atoms with Crippen LogP contribution in [0.3, 0.4) is 0 Å². The number of phenolic OH excluding ortho intramolecular Hbond substituents is 1. The maximum absolute atomic E-state index is 10.3. The van der Waals surface area contributed by atoms with Gasteiger partial charge in [-0.1, -0.05) is 36.4 Å². The number of phenols is 1. The Balaban J connectivity index is 1.67. The van der Waals surface area contributed by atoms with Crippen molar-refractivity contribution in [2.24, 2.45) is 9.98 Å². The summed E-state index contributed by atoms with van der Waals surface area (Å²) in [5.74, 6) is 1.03. The summed E-state index contributed by atoms with van der Waals surface area (Å²) >= 11 is 0. The van der Waals surface area contributed by atoms with Crippen LogP contribution in [-0.4, -0.2) is 23.1 Å². The van der Waals surface area contributed by atoms with Gasteiger partial charge in [0.15, 0.2) is 0 Å². The third-order valence-electron chi connectivity index (χ3n) is 4.40. The van der Waals surface area contributed by atoms with E-state index in [9.17, 15) is 5.11 Å². The fourth-order valence-corrected chi connectivity index (χ4v) is 3.07. The van der Waals surface area contributed by atoms with Gasteiger partial charge in [0.25, 0.3) is 0 Å². The highest BCUT2D eigenvalue weighted by atomic mass is 16.5. The third kappa shape index (κ3) is 3.90. The maximum Gasteiger partial charge on any atom is 0.127 e. The summed E-state index contributed by atoms with van der Waals surface area (Å²) in [7, 11) is 0. The van der Waals surface area contributed by atoms with E-state index in [-0.39, 0.29) is 5.75 Å². The molecular weight excluding hydrogens is 336 g/mol. The Kier molecular flexibility index (Phi) is 4.71. The van der Waals surface area contributed by atoms with Gasteiger partial charge in [0, 0.05) is 12.0 Å². The molecular formula is C23H20N2O2. The van der Waals surface area contributed by atoms with Crippen LogP contribution in [0.5, 0.6) is 11.5 Å². The molecule has 0 unspecified atom stereocenters. The summed E-state index contributed by atoms with van der Waals surface area (Å²) < 4.78 is 5.96. The van der Waals surface area contributed by atoms with Crippen LogP contribution in [-0.2, 0) is 0 Å². The molecule has 4 heteroatoms. The highest BCUT2D eigenvalue weighted by Crippen LogP contribution is 2.32. The normalized spacial score (nSPS) is 13.2. The molecule has 134 valence electrons. The fraction of sp³-hybridized carbons (Fsp3) is 0.130. The average Bonchev–Trinajstić information content (AvgIpc) is 2.86. The van der Waals surface area contributed by atoms with Gasteiger partial charge in [0.05, 0.1) is 22.8 Å². The first-order valence-corrected chi connectivity index (χ1v) is 8.90. The Hall–Kier alpha value is -3.40. The first-order valence-electron chi connectivity index (χ1n) is 8.90. The van der Waals surface area contributed by atoms with Crippen LogP contribution in [0.4, 0.5) is 11.4 Å². The molecule has 0 radical (unpaired) electrons. The first-order chi connectivity index (χ1) is 13.2. The molecule has 0 aliphatic carbocycles. The molecule has 3 aromatic carbocycles. The van der Waals surface area contributed by atoms with Crippen LogP contribution < -0.4 is 4.74 Å². The second kappa shape index (κ2) is 7.46. The van der Waals surface area contributed by atoms with Crippen LogP contribution in [0.2, 0.25) is 0 Å². The van der Waals surface area contributed by atoms with Gasteiger partial charge in [0.2, 0.25) is 0 Å². The number of fused-ring (bicyclic) bond motifs is 1. The van der Waals surface area contributed by atoms with Crippen molar-refractivity contribution in [2.45, 2.75) is 13.3 Å². The van der Waals surface area contributed by atoms with Gasteiger partial charge < -0.3 is 9.84 Å². The number of rotatable bonds is 4. The van der Waals surface area contributed by atoms with E-state index >= 15 is 0 Å². The Labute approximate surface area is 158 Å². The standard InChI is InChI=1S/C23H20N2O2/c1-16-7-6-8-18(13-16)27-15-17-14-22(19-9-2-5-12-23(19)26)25-21-11-4-3-10-20(21)24-17/h2-13,26H,14-15H2,1H3. The summed E-state index contributed by atoms with van der Waals surface area (Å²) in [6, 6.07) is 23.0. The smallest absolute Gasteiger partial charge is 0.127 e. The summed E-state index contributed by atoms with van der Waals surface area (Å²) in [5.41, 5.74) is 5.12. The lowest BCUT2D eigenvalue weighted by atomic mass is 10.0. The van der Waals surface area contributed by atoms with Gasteiger partial charge in [-0.05, 0) is 48.9 Å². The number of hydrogen-bond acceptors (Lipinski definition) is 4. The summed E-state index contributed by atoms with van der Waals surface area (Å²) in [6.45, 7) is 2.40. The van der Waals surface area contributed by atoms with Crippen LogP contribution in [0, 0.1) is 6.92 Å². The Bertz CT molecular complexity index is 1040. The Morgan fingerprint density at radius 2 is 1.63 bits per heavy atom.